The third-order valence-electron chi connectivity index (χ3n) is 4.24. The fourth-order valence-electron chi connectivity index (χ4n) is 3.00. The quantitative estimate of drug-likeness (QED) is 0.844. The lowest BCUT2D eigenvalue weighted by Crippen LogP contribution is -2.45. The summed E-state index contributed by atoms with van der Waals surface area (Å²) in [6.07, 6.45) is 6.64. The molecule has 0 bridgehead atoms. The number of aryl methyl sites for hydroxylation is 1. The molecule has 1 saturated carbocycles. The van der Waals surface area contributed by atoms with Gasteiger partial charge in [0.2, 0.25) is 10.0 Å². The maximum Gasteiger partial charge on any atom is 0.217 e. The topological polar surface area (TPSA) is 72.4 Å². The summed E-state index contributed by atoms with van der Waals surface area (Å²) in [5, 5.41) is -0.208. The molecule has 1 aliphatic carbocycles. The van der Waals surface area contributed by atoms with Crippen molar-refractivity contribution in [2.24, 2.45) is 0 Å². The smallest absolute Gasteiger partial charge is 0.217 e. The third kappa shape index (κ3) is 3.09. The van der Waals surface area contributed by atoms with Gasteiger partial charge in [0.1, 0.15) is 6.10 Å². The lowest BCUT2D eigenvalue weighted by Gasteiger charge is -2.33. The Morgan fingerprint density at radius 2 is 2.00 bits per heavy atom. The Kier molecular flexibility index (Phi) is 4.24. The summed E-state index contributed by atoms with van der Waals surface area (Å²) in [6.45, 7) is 3.06. The van der Waals surface area contributed by atoms with E-state index in [0.29, 0.717) is 25.4 Å². The average Bonchev–Trinajstić information content (AvgIpc) is 3.03. The highest BCUT2D eigenvalue weighted by Gasteiger charge is 2.37. The summed E-state index contributed by atoms with van der Waals surface area (Å²) < 4.78 is 32.6. The predicted molar refractivity (Wildman–Crippen MR) is 78.2 cm³/mol. The Labute approximate surface area is 125 Å². The van der Waals surface area contributed by atoms with Crippen molar-refractivity contribution in [2.75, 3.05) is 19.7 Å². The molecule has 21 heavy (non-hydrogen) atoms. The van der Waals surface area contributed by atoms with Crippen LogP contribution in [0.4, 0.5) is 0 Å². The maximum atomic E-state index is 12.7. The van der Waals surface area contributed by atoms with E-state index in [1.165, 1.54) is 0 Å². The minimum Gasteiger partial charge on any atom is -0.369 e. The standard InChI is InChI=1S/C14H21N3O3S/c1-11-8-16-13(9-15-11)14-10-17(6-7-20-14)21(18,19)12-4-2-3-5-12/h8-9,12,14H,2-7,10H2,1H3/t14-/m1/s1. The van der Waals surface area contributed by atoms with E-state index in [2.05, 4.69) is 9.97 Å². The van der Waals surface area contributed by atoms with E-state index in [0.717, 1.165) is 31.4 Å². The van der Waals surface area contributed by atoms with Gasteiger partial charge in [-0.1, -0.05) is 12.8 Å². The van der Waals surface area contributed by atoms with Crippen molar-refractivity contribution in [1.82, 2.24) is 14.3 Å². The number of hydrogen-bond donors (Lipinski definition) is 0. The minimum atomic E-state index is -3.21. The lowest BCUT2D eigenvalue weighted by molar-refractivity contribution is -0.00543. The lowest BCUT2D eigenvalue weighted by atomic mass is 10.2. The van der Waals surface area contributed by atoms with Crippen LogP contribution in [0.15, 0.2) is 12.4 Å². The summed E-state index contributed by atoms with van der Waals surface area (Å²) >= 11 is 0. The van der Waals surface area contributed by atoms with Gasteiger partial charge in [-0.25, -0.2) is 8.42 Å². The van der Waals surface area contributed by atoms with Crippen LogP contribution in [-0.2, 0) is 14.8 Å². The second-order valence-corrected chi connectivity index (χ2v) is 7.96. The van der Waals surface area contributed by atoms with Crippen LogP contribution in [0.1, 0.15) is 43.2 Å². The van der Waals surface area contributed by atoms with E-state index in [1.54, 1.807) is 16.7 Å². The van der Waals surface area contributed by atoms with Crippen LogP contribution in [0.25, 0.3) is 0 Å². The molecular weight excluding hydrogens is 290 g/mol. The van der Waals surface area contributed by atoms with Crippen molar-refractivity contribution in [3.8, 4) is 0 Å². The van der Waals surface area contributed by atoms with Gasteiger partial charge in [0.25, 0.3) is 0 Å². The van der Waals surface area contributed by atoms with E-state index in [4.69, 9.17) is 4.74 Å². The molecule has 6 nitrogen and oxygen atoms in total. The molecule has 3 rings (SSSR count). The molecule has 0 N–H and O–H groups in total. The zero-order valence-corrected chi connectivity index (χ0v) is 13.1. The van der Waals surface area contributed by atoms with Crippen LogP contribution in [0.2, 0.25) is 0 Å². The van der Waals surface area contributed by atoms with E-state index in [9.17, 15) is 8.42 Å². The number of hydrogen-bond acceptors (Lipinski definition) is 5. The summed E-state index contributed by atoms with van der Waals surface area (Å²) in [7, 11) is -3.21. The second-order valence-electron chi connectivity index (χ2n) is 5.75. The molecule has 1 aliphatic heterocycles. The largest absolute Gasteiger partial charge is 0.369 e. The van der Waals surface area contributed by atoms with Crippen LogP contribution >= 0.6 is 0 Å². The highest BCUT2D eigenvalue weighted by molar-refractivity contribution is 7.89. The molecule has 116 valence electrons. The summed E-state index contributed by atoms with van der Waals surface area (Å²) in [5.74, 6) is 0. The van der Waals surface area contributed by atoms with Gasteiger partial charge in [-0.3, -0.25) is 9.97 Å². The van der Waals surface area contributed by atoms with Crippen molar-refractivity contribution in [3.05, 3.63) is 23.8 Å². The molecule has 7 heteroatoms. The van der Waals surface area contributed by atoms with Gasteiger partial charge in [-0.15, -0.1) is 0 Å². The number of ether oxygens (including phenoxy) is 1. The average molecular weight is 311 g/mol. The van der Waals surface area contributed by atoms with Gasteiger partial charge >= 0.3 is 0 Å². The minimum absolute atomic E-state index is 0.208. The molecule has 2 heterocycles. The van der Waals surface area contributed by atoms with E-state index in [1.807, 2.05) is 6.92 Å². The van der Waals surface area contributed by atoms with E-state index < -0.39 is 10.0 Å². The molecule has 0 spiro atoms. The van der Waals surface area contributed by atoms with Crippen molar-refractivity contribution in [2.45, 2.75) is 44.0 Å². The zero-order chi connectivity index (χ0) is 14.9. The Hall–Kier alpha value is -1.05. The summed E-state index contributed by atoms with van der Waals surface area (Å²) in [6, 6.07) is 0. The van der Waals surface area contributed by atoms with Crippen LogP contribution in [-0.4, -0.2) is 47.6 Å². The van der Waals surface area contributed by atoms with Gasteiger partial charge in [0.05, 0.1) is 29.4 Å². The zero-order valence-electron chi connectivity index (χ0n) is 12.2. The van der Waals surface area contributed by atoms with E-state index in [-0.39, 0.29) is 11.4 Å². The molecule has 0 radical (unpaired) electrons. The maximum absolute atomic E-state index is 12.7. The molecule has 2 aliphatic rings. The Bertz CT molecular complexity index is 582. The third-order valence-corrected chi connectivity index (χ3v) is 6.61. The first-order valence-corrected chi connectivity index (χ1v) is 8.97. The number of morpholine rings is 1. The van der Waals surface area contributed by atoms with Gasteiger partial charge < -0.3 is 4.74 Å². The van der Waals surface area contributed by atoms with Crippen LogP contribution in [0.5, 0.6) is 0 Å². The van der Waals surface area contributed by atoms with Crippen molar-refractivity contribution in [1.29, 1.82) is 0 Å². The molecular formula is C14H21N3O3S. The number of rotatable bonds is 3. The SMILES string of the molecule is Cc1cnc([C@H]2CN(S(=O)(=O)C3CCCC3)CCO2)cn1. The Morgan fingerprint density at radius 1 is 1.24 bits per heavy atom. The highest BCUT2D eigenvalue weighted by Crippen LogP contribution is 2.30. The summed E-state index contributed by atoms with van der Waals surface area (Å²) in [5.41, 5.74) is 1.54. The van der Waals surface area contributed by atoms with E-state index >= 15 is 0 Å². The predicted octanol–water partition coefficient (Wildman–Crippen LogP) is 1.43. The monoisotopic (exact) mass is 311 g/mol. The normalized spacial score (nSPS) is 25.3. The molecule has 1 aromatic heterocycles. The first-order valence-electron chi connectivity index (χ1n) is 7.46. The molecule has 1 atom stereocenters. The Balaban J connectivity index is 1.75. The fourth-order valence-corrected chi connectivity index (χ4v) is 5.02. The number of aromatic nitrogens is 2. The molecule has 1 aromatic rings. The van der Waals surface area contributed by atoms with Crippen molar-refractivity contribution in [3.63, 3.8) is 0 Å². The van der Waals surface area contributed by atoms with Gasteiger partial charge in [0, 0.05) is 19.3 Å². The van der Waals surface area contributed by atoms with Crippen molar-refractivity contribution >= 4 is 10.0 Å². The number of sulfonamides is 1. The Morgan fingerprint density at radius 3 is 2.67 bits per heavy atom. The van der Waals surface area contributed by atoms with Gasteiger partial charge in [-0.2, -0.15) is 4.31 Å². The van der Waals surface area contributed by atoms with Crippen LogP contribution < -0.4 is 0 Å². The number of nitrogens with zero attached hydrogens (tertiary/aromatic N) is 3. The second kappa shape index (κ2) is 5.98. The first-order chi connectivity index (χ1) is 10.1. The van der Waals surface area contributed by atoms with Crippen molar-refractivity contribution < 1.29 is 13.2 Å². The molecule has 0 unspecified atom stereocenters. The van der Waals surface area contributed by atoms with Crippen LogP contribution in [0.3, 0.4) is 0 Å². The molecule has 2 fully saturated rings. The highest BCUT2D eigenvalue weighted by atomic mass is 32.2. The summed E-state index contributed by atoms with van der Waals surface area (Å²) in [4.78, 5) is 8.52. The van der Waals surface area contributed by atoms with Gasteiger partial charge in [-0.05, 0) is 19.8 Å². The fraction of sp³-hybridized carbons (Fsp3) is 0.714. The molecule has 0 amide bonds. The molecule has 0 aromatic carbocycles. The van der Waals surface area contributed by atoms with Crippen LogP contribution in [0, 0.1) is 6.92 Å². The van der Waals surface area contributed by atoms with Gasteiger partial charge in [0.15, 0.2) is 0 Å². The molecule has 1 saturated heterocycles. The first kappa shape index (κ1) is 14.9.